The second-order valence-corrected chi connectivity index (χ2v) is 5.24. The van der Waals surface area contributed by atoms with Gasteiger partial charge in [-0.2, -0.15) is 0 Å². The van der Waals surface area contributed by atoms with Crippen LogP contribution in [0.25, 0.3) is 0 Å². The Morgan fingerprint density at radius 1 is 1.38 bits per heavy atom. The normalized spacial score (nSPS) is 30.3. The zero-order valence-corrected chi connectivity index (χ0v) is 10.4. The van der Waals surface area contributed by atoms with E-state index in [1.807, 2.05) is 19.0 Å². The van der Waals surface area contributed by atoms with Crippen molar-refractivity contribution in [1.82, 2.24) is 15.1 Å². The lowest BCUT2D eigenvalue weighted by Gasteiger charge is -2.30. The monoisotopic (exact) mass is 225 g/mol. The van der Waals surface area contributed by atoms with E-state index in [0.29, 0.717) is 24.5 Å². The Kier molecular flexibility index (Phi) is 3.82. The minimum absolute atomic E-state index is 0.293. The van der Waals surface area contributed by atoms with E-state index in [0.717, 1.165) is 13.1 Å². The maximum Gasteiger partial charge on any atom is 0.237 e. The Labute approximate surface area is 98.0 Å². The highest BCUT2D eigenvalue weighted by Crippen LogP contribution is 2.24. The molecule has 1 N–H and O–H groups in total. The minimum atomic E-state index is 0.293. The maximum atomic E-state index is 12.1. The highest BCUT2D eigenvalue weighted by atomic mass is 16.2. The molecule has 2 saturated heterocycles. The van der Waals surface area contributed by atoms with Crippen molar-refractivity contribution in [1.29, 1.82) is 0 Å². The average Bonchev–Trinajstić information content (AvgIpc) is 2.87. The lowest BCUT2D eigenvalue weighted by atomic mass is 10.0. The second-order valence-electron chi connectivity index (χ2n) is 5.24. The largest absolute Gasteiger partial charge is 0.337 e. The molecule has 0 aromatic carbocycles. The Morgan fingerprint density at radius 3 is 2.81 bits per heavy atom. The molecule has 0 aromatic rings. The van der Waals surface area contributed by atoms with E-state index < -0.39 is 0 Å². The second kappa shape index (κ2) is 5.15. The Balaban J connectivity index is 1.94. The molecule has 2 unspecified atom stereocenters. The van der Waals surface area contributed by atoms with Gasteiger partial charge in [0.1, 0.15) is 0 Å². The molecule has 1 amide bonds. The number of amides is 1. The van der Waals surface area contributed by atoms with Crippen molar-refractivity contribution in [2.24, 2.45) is 0 Å². The fourth-order valence-electron chi connectivity index (χ4n) is 2.92. The number of nitrogens with one attached hydrogen (secondary N) is 1. The average molecular weight is 225 g/mol. The number of carbonyl (C=O) groups is 1. The number of hydrogen-bond donors (Lipinski definition) is 1. The molecule has 92 valence electrons. The van der Waals surface area contributed by atoms with Crippen LogP contribution in [0.4, 0.5) is 0 Å². The van der Waals surface area contributed by atoms with Gasteiger partial charge in [0.25, 0.3) is 0 Å². The quantitative estimate of drug-likeness (QED) is 0.750. The number of rotatable bonds is 3. The molecule has 2 aliphatic heterocycles. The first-order valence-electron chi connectivity index (χ1n) is 6.36. The molecule has 0 radical (unpaired) electrons. The number of carbonyl (C=O) groups excluding carboxylic acids is 1. The van der Waals surface area contributed by atoms with E-state index in [4.69, 9.17) is 0 Å². The van der Waals surface area contributed by atoms with Crippen LogP contribution in [0.15, 0.2) is 0 Å². The number of likely N-dealkylation sites (tertiary alicyclic amines) is 1. The summed E-state index contributed by atoms with van der Waals surface area (Å²) in [4.78, 5) is 16.1. The minimum Gasteiger partial charge on any atom is -0.337 e. The van der Waals surface area contributed by atoms with E-state index >= 15 is 0 Å². The Bertz CT molecular complexity index is 249. The molecular formula is C12H23N3O. The van der Waals surface area contributed by atoms with Gasteiger partial charge < -0.3 is 15.1 Å². The van der Waals surface area contributed by atoms with Gasteiger partial charge in [-0.25, -0.2) is 0 Å². The van der Waals surface area contributed by atoms with Crippen LogP contribution in [0.2, 0.25) is 0 Å². The van der Waals surface area contributed by atoms with Gasteiger partial charge in [0, 0.05) is 18.6 Å². The molecule has 0 spiro atoms. The lowest BCUT2D eigenvalue weighted by Crippen LogP contribution is -2.48. The summed E-state index contributed by atoms with van der Waals surface area (Å²) in [5, 5.41) is 3.53. The van der Waals surface area contributed by atoms with Crippen LogP contribution < -0.4 is 5.32 Å². The topological polar surface area (TPSA) is 35.6 Å². The summed E-state index contributed by atoms with van der Waals surface area (Å²) in [7, 11) is 3.91. The summed E-state index contributed by atoms with van der Waals surface area (Å²) < 4.78 is 0. The summed E-state index contributed by atoms with van der Waals surface area (Å²) >= 11 is 0. The Morgan fingerprint density at radius 2 is 2.19 bits per heavy atom. The van der Waals surface area contributed by atoms with Crippen molar-refractivity contribution >= 4 is 5.91 Å². The third-order valence-electron chi connectivity index (χ3n) is 3.63. The van der Waals surface area contributed by atoms with Gasteiger partial charge in [0.15, 0.2) is 0 Å². The van der Waals surface area contributed by atoms with E-state index in [9.17, 15) is 4.79 Å². The predicted octanol–water partition coefficient (Wildman–Crippen LogP) is 0.291. The van der Waals surface area contributed by atoms with Crippen molar-refractivity contribution in [3.8, 4) is 0 Å². The smallest absolute Gasteiger partial charge is 0.237 e. The molecule has 2 fully saturated rings. The first-order chi connectivity index (χ1) is 7.68. The van der Waals surface area contributed by atoms with Gasteiger partial charge in [-0.05, 0) is 46.3 Å². The van der Waals surface area contributed by atoms with E-state index in [2.05, 4.69) is 10.2 Å². The molecule has 4 nitrogen and oxygen atoms in total. The van der Waals surface area contributed by atoms with E-state index in [1.54, 1.807) is 0 Å². The van der Waals surface area contributed by atoms with Crippen LogP contribution in [-0.4, -0.2) is 61.5 Å². The first-order valence-corrected chi connectivity index (χ1v) is 6.36. The zero-order valence-electron chi connectivity index (χ0n) is 10.4. The van der Waals surface area contributed by atoms with Crippen molar-refractivity contribution < 1.29 is 4.79 Å². The molecule has 2 rings (SSSR count). The molecule has 2 aliphatic rings. The third kappa shape index (κ3) is 2.55. The van der Waals surface area contributed by atoms with Crippen molar-refractivity contribution in [3.63, 3.8) is 0 Å². The van der Waals surface area contributed by atoms with Crippen LogP contribution in [0.3, 0.4) is 0 Å². The Hall–Kier alpha value is -0.610. The summed E-state index contributed by atoms with van der Waals surface area (Å²) in [5.74, 6) is 0.293. The first kappa shape index (κ1) is 11.9. The van der Waals surface area contributed by atoms with Crippen molar-refractivity contribution in [2.45, 2.75) is 37.8 Å². The van der Waals surface area contributed by atoms with Gasteiger partial charge in [-0.3, -0.25) is 4.79 Å². The molecule has 0 aliphatic carbocycles. The number of nitrogens with zero attached hydrogens (tertiary/aromatic N) is 2. The van der Waals surface area contributed by atoms with Crippen LogP contribution in [0.5, 0.6) is 0 Å². The lowest BCUT2D eigenvalue weighted by molar-refractivity contribution is -0.133. The van der Waals surface area contributed by atoms with Crippen LogP contribution >= 0.6 is 0 Å². The number of likely N-dealkylation sites (N-methyl/N-ethyl adjacent to an activating group) is 1. The van der Waals surface area contributed by atoms with Gasteiger partial charge >= 0.3 is 0 Å². The molecule has 0 saturated carbocycles. The standard InChI is InChI=1S/C12H23N3O/c1-14(2)9-12(16)15-8-4-6-11(15)10-5-3-7-13-10/h10-11,13H,3-9H2,1-2H3. The summed E-state index contributed by atoms with van der Waals surface area (Å²) in [6.07, 6.45) is 4.84. The molecule has 0 bridgehead atoms. The summed E-state index contributed by atoms with van der Waals surface area (Å²) in [6.45, 7) is 2.62. The molecule has 0 aromatic heterocycles. The van der Waals surface area contributed by atoms with Crippen molar-refractivity contribution in [2.75, 3.05) is 33.7 Å². The van der Waals surface area contributed by atoms with Gasteiger partial charge in [-0.1, -0.05) is 0 Å². The SMILES string of the molecule is CN(C)CC(=O)N1CCCC1C1CCCN1. The highest BCUT2D eigenvalue weighted by molar-refractivity contribution is 5.79. The predicted molar refractivity (Wildman–Crippen MR) is 64.3 cm³/mol. The summed E-state index contributed by atoms with van der Waals surface area (Å²) in [5.41, 5.74) is 0. The fourth-order valence-corrected chi connectivity index (χ4v) is 2.92. The molecule has 4 heteroatoms. The van der Waals surface area contributed by atoms with Gasteiger partial charge in [0.05, 0.1) is 6.54 Å². The van der Waals surface area contributed by atoms with Crippen LogP contribution in [0, 0.1) is 0 Å². The molecular weight excluding hydrogens is 202 g/mol. The van der Waals surface area contributed by atoms with Crippen LogP contribution in [-0.2, 0) is 4.79 Å². The maximum absolute atomic E-state index is 12.1. The van der Waals surface area contributed by atoms with Gasteiger partial charge in [-0.15, -0.1) is 0 Å². The van der Waals surface area contributed by atoms with Gasteiger partial charge in [0.2, 0.25) is 5.91 Å². The molecule has 2 atom stereocenters. The van der Waals surface area contributed by atoms with Crippen LogP contribution in [0.1, 0.15) is 25.7 Å². The highest BCUT2D eigenvalue weighted by Gasteiger charge is 2.35. The molecule has 16 heavy (non-hydrogen) atoms. The van der Waals surface area contributed by atoms with E-state index in [1.165, 1.54) is 25.7 Å². The molecule has 2 heterocycles. The summed E-state index contributed by atoms with van der Waals surface area (Å²) in [6, 6.07) is 1.00. The van der Waals surface area contributed by atoms with E-state index in [-0.39, 0.29) is 0 Å². The zero-order chi connectivity index (χ0) is 11.5. The van der Waals surface area contributed by atoms with Crippen molar-refractivity contribution in [3.05, 3.63) is 0 Å². The number of hydrogen-bond acceptors (Lipinski definition) is 3. The fraction of sp³-hybridized carbons (Fsp3) is 0.917. The third-order valence-corrected chi connectivity index (χ3v) is 3.63.